The van der Waals surface area contributed by atoms with E-state index < -0.39 is 17.6 Å². The Morgan fingerprint density at radius 2 is 1.86 bits per heavy atom. The molecule has 0 saturated heterocycles. The maximum atomic E-state index is 12.6. The van der Waals surface area contributed by atoms with Crippen LogP contribution >= 0.6 is 11.6 Å². The van der Waals surface area contributed by atoms with Crippen LogP contribution in [0.4, 0.5) is 17.6 Å². The Morgan fingerprint density at radius 1 is 1.21 bits per heavy atom. The van der Waals surface area contributed by atoms with Gasteiger partial charge in [0, 0.05) is 5.88 Å². The van der Waals surface area contributed by atoms with Crippen molar-refractivity contribution in [3.63, 3.8) is 0 Å². The minimum absolute atomic E-state index is 0.00809. The standard InChI is InChI=1S/C9H7ClF4/c10-4-3-6-5-7(11)1-2-8(6)9(12,13)14/h1-2,5H,3-4H2. The van der Waals surface area contributed by atoms with Crippen LogP contribution < -0.4 is 0 Å². The Bertz CT molecular complexity index is 319. The lowest BCUT2D eigenvalue weighted by molar-refractivity contribution is -0.138. The summed E-state index contributed by atoms with van der Waals surface area (Å²) in [5.41, 5.74) is -0.924. The fourth-order valence-electron chi connectivity index (χ4n) is 1.15. The molecule has 0 aliphatic rings. The molecule has 0 amide bonds. The minimum Gasteiger partial charge on any atom is -0.207 e. The third-order valence-electron chi connectivity index (χ3n) is 1.74. The van der Waals surface area contributed by atoms with Crippen LogP contribution in [-0.4, -0.2) is 5.88 Å². The monoisotopic (exact) mass is 226 g/mol. The highest BCUT2D eigenvalue weighted by molar-refractivity contribution is 6.18. The van der Waals surface area contributed by atoms with Crippen molar-refractivity contribution >= 4 is 11.6 Å². The molecule has 0 fully saturated rings. The van der Waals surface area contributed by atoms with E-state index in [1.54, 1.807) is 0 Å². The van der Waals surface area contributed by atoms with Gasteiger partial charge in [-0.1, -0.05) is 0 Å². The Balaban J connectivity index is 3.15. The number of aryl methyl sites for hydroxylation is 1. The first-order valence-corrected chi connectivity index (χ1v) is 4.40. The second-order valence-corrected chi connectivity index (χ2v) is 3.12. The van der Waals surface area contributed by atoms with E-state index in [9.17, 15) is 17.6 Å². The number of rotatable bonds is 2. The lowest BCUT2D eigenvalue weighted by Gasteiger charge is -2.11. The lowest BCUT2D eigenvalue weighted by Crippen LogP contribution is -2.09. The van der Waals surface area contributed by atoms with E-state index in [0.29, 0.717) is 0 Å². The maximum absolute atomic E-state index is 12.6. The predicted octanol–water partition coefficient (Wildman–Crippen LogP) is 3.63. The average molecular weight is 227 g/mol. The fourth-order valence-corrected chi connectivity index (χ4v) is 1.35. The second kappa shape index (κ2) is 4.17. The van der Waals surface area contributed by atoms with Gasteiger partial charge in [-0.3, -0.25) is 0 Å². The van der Waals surface area contributed by atoms with Crippen LogP contribution in [0.25, 0.3) is 0 Å². The van der Waals surface area contributed by atoms with Crippen molar-refractivity contribution in [2.45, 2.75) is 12.6 Å². The topological polar surface area (TPSA) is 0 Å². The third-order valence-corrected chi connectivity index (χ3v) is 1.93. The summed E-state index contributed by atoms with van der Waals surface area (Å²) in [7, 11) is 0. The summed E-state index contributed by atoms with van der Waals surface area (Å²) in [6, 6.07) is 2.39. The first kappa shape index (κ1) is 11.3. The van der Waals surface area contributed by atoms with E-state index in [-0.39, 0.29) is 17.9 Å². The third kappa shape index (κ3) is 2.61. The number of benzene rings is 1. The molecule has 1 rings (SSSR count). The predicted molar refractivity (Wildman–Crippen MR) is 45.8 cm³/mol. The molecule has 0 unspecified atom stereocenters. The molecule has 0 radical (unpaired) electrons. The van der Waals surface area contributed by atoms with Crippen molar-refractivity contribution in [3.05, 3.63) is 35.1 Å². The molecule has 0 N–H and O–H groups in total. The zero-order valence-corrected chi connectivity index (χ0v) is 7.79. The van der Waals surface area contributed by atoms with Gasteiger partial charge in [0.2, 0.25) is 0 Å². The van der Waals surface area contributed by atoms with Crippen LogP contribution in [0.2, 0.25) is 0 Å². The highest BCUT2D eigenvalue weighted by Gasteiger charge is 2.32. The van der Waals surface area contributed by atoms with E-state index in [1.165, 1.54) is 0 Å². The summed E-state index contributed by atoms with van der Waals surface area (Å²) in [6.07, 6.45) is -4.44. The number of hydrogen-bond acceptors (Lipinski definition) is 0. The zero-order valence-electron chi connectivity index (χ0n) is 7.04. The summed E-state index contributed by atoms with van der Waals surface area (Å²) >= 11 is 5.32. The van der Waals surface area contributed by atoms with E-state index in [4.69, 9.17) is 11.6 Å². The minimum atomic E-state index is -4.45. The summed E-state index contributed by atoms with van der Waals surface area (Å²) in [5.74, 6) is -0.648. The molecule has 0 heterocycles. The SMILES string of the molecule is Fc1ccc(C(F)(F)F)c(CCCl)c1. The van der Waals surface area contributed by atoms with Crippen LogP contribution in [-0.2, 0) is 12.6 Å². The summed E-state index contributed by atoms with van der Waals surface area (Å²) in [5, 5.41) is 0. The molecule has 0 nitrogen and oxygen atoms in total. The Labute approximate surface area is 83.5 Å². The lowest BCUT2D eigenvalue weighted by atomic mass is 10.0. The van der Waals surface area contributed by atoms with Gasteiger partial charge in [0.05, 0.1) is 5.56 Å². The molecule has 0 bridgehead atoms. The van der Waals surface area contributed by atoms with Crippen molar-refractivity contribution in [1.29, 1.82) is 0 Å². The molecule has 1 aromatic carbocycles. The molecule has 0 aliphatic heterocycles. The summed E-state index contributed by atoms with van der Waals surface area (Å²) in [4.78, 5) is 0. The maximum Gasteiger partial charge on any atom is 0.416 e. The molecule has 0 aliphatic carbocycles. The van der Waals surface area contributed by atoms with Crippen LogP contribution in [0.1, 0.15) is 11.1 Å². The van der Waals surface area contributed by atoms with Crippen LogP contribution in [0.3, 0.4) is 0 Å². The van der Waals surface area contributed by atoms with Crippen LogP contribution in [0.15, 0.2) is 18.2 Å². The van der Waals surface area contributed by atoms with Gasteiger partial charge < -0.3 is 0 Å². The molecule has 0 aromatic heterocycles. The van der Waals surface area contributed by atoms with Gasteiger partial charge >= 0.3 is 6.18 Å². The first-order chi connectivity index (χ1) is 6.45. The molecule has 78 valence electrons. The summed E-state index contributed by atoms with van der Waals surface area (Å²) in [6.45, 7) is 0. The van der Waals surface area contributed by atoms with Gasteiger partial charge in [0.15, 0.2) is 0 Å². The normalized spacial score (nSPS) is 11.8. The molecular weight excluding hydrogens is 220 g/mol. The Kier molecular flexibility index (Phi) is 3.37. The van der Waals surface area contributed by atoms with Gasteiger partial charge in [-0.15, -0.1) is 11.6 Å². The van der Waals surface area contributed by atoms with E-state index in [2.05, 4.69) is 0 Å². The molecular formula is C9H7ClF4. The van der Waals surface area contributed by atoms with E-state index >= 15 is 0 Å². The molecule has 1 aromatic rings. The molecule has 0 saturated carbocycles. The van der Waals surface area contributed by atoms with Gasteiger partial charge in [0.1, 0.15) is 5.82 Å². The first-order valence-electron chi connectivity index (χ1n) is 3.86. The van der Waals surface area contributed by atoms with Crippen molar-refractivity contribution < 1.29 is 17.6 Å². The van der Waals surface area contributed by atoms with Gasteiger partial charge in [0.25, 0.3) is 0 Å². The van der Waals surface area contributed by atoms with Crippen LogP contribution in [0, 0.1) is 5.82 Å². The Hall–Kier alpha value is -0.770. The molecule has 5 heteroatoms. The van der Waals surface area contributed by atoms with E-state index in [0.717, 1.165) is 18.2 Å². The highest BCUT2D eigenvalue weighted by Crippen LogP contribution is 2.32. The van der Waals surface area contributed by atoms with E-state index in [1.807, 2.05) is 0 Å². The van der Waals surface area contributed by atoms with Crippen molar-refractivity contribution in [2.24, 2.45) is 0 Å². The number of hydrogen-bond donors (Lipinski definition) is 0. The van der Waals surface area contributed by atoms with Crippen molar-refractivity contribution in [3.8, 4) is 0 Å². The summed E-state index contributed by atoms with van der Waals surface area (Å²) < 4.78 is 49.7. The second-order valence-electron chi connectivity index (χ2n) is 2.74. The Morgan fingerprint density at radius 3 is 2.36 bits per heavy atom. The molecule has 0 spiro atoms. The largest absolute Gasteiger partial charge is 0.416 e. The molecule has 0 atom stereocenters. The van der Waals surface area contributed by atoms with Crippen molar-refractivity contribution in [2.75, 3.05) is 5.88 Å². The zero-order chi connectivity index (χ0) is 10.8. The van der Waals surface area contributed by atoms with Gasteiger partial charge in [-0.2, -0.15) is 13.2 Å². The van der Waals surface area contributed by atoms with Gasteiger partial charge in [-0.05, 0) is 30.2 Å². The average Bonchev–Trinajstić information content (AvgIpc) is 2.02. The number of halogens is 5. The number of alkyl halides is 4. The molecule has 14 heavy (non-hydrogen) atoms. The smallest absolute Gasteiger partial charge is 0.207 e. The van der Waals surface area contributed by atoms with Gasteiger partial charge in [-0.25, -0.2) is 4.39 Å². The fraction of sp³-hybridized carbons (Fsp3) is 0.333. The van der Waals surface area contributed by atoms with Crippen LogP contribution in [0.5, 0.6) is 0 Å². The van der Waals surface area contributed by atoms with Crippen molar-refractivity contribution in [1.82, 2.24) is 0 Å². The highest BCUT2D eigenvalue weighted by atomic mass is 35.5. The quantitative estimate of drug-likeness (QED) is 0.534.